The molecule has 1 aliphatic carbocycles. The van der Waals surface area contributed by atoms with Crippen molar-refractivity contribution in [1.82, 2.24) is 5.32 Å². The van der Waals surface area contributed by atoms with E-state index in [1.807, 2.05) is 0 Å². The van der Waals surface area contributed by atoms with Gasteiger partial charge in [-0.2, -0.15) is 0 Å². The molecule has 6 nitrogen and oxygen atoms in total. The molecule has 0 saturated heterocycles. The van der Waals surface area contributed by atoms with Gasteiger partial charge < -0.3 is 10.4 Å². The SMILES string of the molecule is O=C(NC1CCCCCC1CO)c1cccc(Cl)c1[N+](=O)[O-]. The number of nitro benzene ring substituents is 1. The Balaban J connectivity index is 2.21. The predicted molar refractivity (Wildman–Crippen MR) is 83.0 cm³/mol. The highest BCUT2D eigenvalue weighted by Crippen LogP contribution is 2.29. The van der Waals surface area contributed by atoms with Gasteiger partial charge in [0, 0.05) is 18.6 Å². The summed E-state index contributed by atoms with van der Waals surface area (Å²) in [5, 5.41) is 23.4. The van der Waals surface area contributed by atoms with Gasteiger partial charge in [-0.3, -0.25) is 14.9 Å². The summed E-state index contributed by atoms with van der Waals surface area (Å²) in [4.78, 5) is 22.9. The van der Waals surface area contributed by atoms with Crippen LogP contribution in [0.25, 0.3) is 0 Å². The van der Waals surface area contributed by atoms with Gasteiger partial charge in [0.05, 0.1) is 4.92 Å². The summed E-state index contributed by atoms with van der Waals surface area (Å²) in [6.45, 7) is 0.00257. The Morgan fingerprint density at radius 1 is 1.36 bits per heavy atom. The summed E-state index contributed by atoms with van der Waals surface area (Å²) in [6, 6.07) is 4.13. The van der Waals surface area contributed by atoms with Gasteiger partial charge in [-0.15, -0.1) is 0 Å². The van der Waals surface area contributed by atoms with E-state index in [0.29, 0.717) is 0 Å². The summed E-state index contributed by atoms with van der Waals surface area (Å²) in [6.07, 6.45) is 4.68. The quantitative estimate of drug-likeness (QED) is 0.505. The number of nitrogens with one attached hydrogen (secondary N) is 1. The van der Waals surface area contributed by atoms with Gasteiger partial charge in [-0.1, -0.05) is 36.9 Å². The van der Waals surface area contributed by atoms with Crippen molar-refractivity contribution < 1.29 is 14.8 Å². The number of nitrogens with zero attached hydrogens (tertiary/aromatic N) is 1. The van der Waals surface area contributed by atoms with E-state index in [1.165, 1.54) is 18.2 Å². The van der Waals surface area contributed by atoms with Gasteiger partial charge in [0.1, 0.15) is 10.6 Å². The molecule has 0 spiro atoms. The third-order valence-electron chi connectivity index (χ3n) is 4.12. The average molecular weight is 327 g/mol. The number of aliphatic hydroxyl groups is 1. The van der Waals surface area contributed by atoms with E-state index >= 15 is 0 Å². The molecule has 1 amide bonds. The second-order valence-corrected chi connectivity index (χ2v) is 5.96. The van der Waals surface area contributed by atoms with Gasteiger partial charge >= 0.3 is 5.69 Å². The Labute approximate surface area is 133 Å². The van der Waals surface area contributed by atoms with Crippen LogP contribution in [0.3, 0.4) is 0 Å². The van der Waals surface area contributed by atoms with Crippen LogP contribution in [0.1, 0.15) is 42.5 Å². The maximum Gasteiger partial charge on any atom is 0.300 e. The van der Waals surface area contributed by atoms with E-state index in [2.05, 4.69) is 5.32 Å². The fourth-order valence-corrected chi connectivity index (χ4v) is 3.17. The number of aliphatic hydroxyl groups excluding tert-OH is 1. The number of hydrogen-bond acceptors (Lipinski definition) is 4. The molecule has 1 fully saturated rings. The van der Waals surface area contributed by atoms with Crippen LogP contribution in [-0.2, 0) is 0 Å². The molecule has 1 saturated carbocycles. The fourth-order valence-electron chi connectivity index (χ4n) is 2.92. The van der Waals surface area contributed by atoms with Crippen LogP contribution in [0, 0.1) is 16.0 Å². The minimum Gasteiger partial charge on any atom is -0.396 e. The molecule has 0 heterocycles. The van der Waals surface area contributed by atoms with Crippen molar-refractivity contribution in [2.24, 2.45) is 5.92 Å². The Morgan fingerprint density at radius 2 is 2.09 bits per heavy atom. The highest BCUT2D eigenvalue weighted by Gasteiger charge is 2.28. The zero-order chi connectivity index (χ0) is 16.1. The summed E-state index contributed by atoms with van der Waals surface area (Å²) in [5.74, 6) is -0.524. The Morgan fingerprint density at radius 3 is 2.77 bits per heavy atom. The van der Waals surface area contributed by atoms with Crippen molar-refractivity contribution in [2.45, 2.75) is 38.1 Å². The van der Waals surface area contributed by atoms with Gasteiger partial charge in [-0.25, -0.2) is 0 Å². The Hall–Kier alpha value is -1.66. The first-order valence-corrected chi connectivity index (χ1v) is 7.77. The topological polar surface area (TPSA) is 92.5 Å². The number of carbonyl (C=O) groups is 1. The van der Waals surface area contributed by atoms with Crippen LogP contribution < -0.4 is 5.32 Å². The molecule has 0 aromatic heterocycles. The molecule has 7 heteroatoms. The van der Waals surface area contributed by atoms with Crippen molar-refractivity contribution in [3.8, 4) is 0 Å². The molecule has 2 atom stereocenters. The van der Waals surface area contributed by atoms with Crippen molar-refractivity contribution in [2.75, 3.05) is 6.61 Å². The van der Waals surface area contributed by atoms with E-state index in [4.69, 9.17) is 11.6 Å². The van der Waals surface area contributed by atoms with E-state index in [9.17, 15) is 20.0 Å². The molecule has 1 aromatic rings. The average Bonchev–Trinajstić information content (AvgIpc) is 2.71. The van der Waals surface area contributed by atoms with Crippen LogP contribution >= 0.6 is 11.6 Å². The smallest absolute Gasteiger partial charge is 0.300 e. The molecule has 120 valence electrons. The van der Waals surface area contributed by atoms with Gasteiger partial charge in [-0.05, 0) is 25.0 Å². The number of amides is 1. The molecular weight excluding hydrogens is 308 g/mol. The zero-order valence-corrected chi connectivity index (χ0v) is 12.9. The van der Waals surface area contributed by atoms with Gasteiger partial charge in [0.25, 0.3) is 5.91 Å². The molecule has 2 unspecified atom stereocenters. The highest BCUT2D eigenvalue weighted by molar-refractivity contribution is 6.33. The highest BCUT2D eigenvalue weighted by atomic mass is 35.5. The minimum atomic E-state index is -0.645. The number of hydrogen-bond donors (Lipinski definition) is 2. The second kappa shape index (κ2) is 7.56. The fraction of sp³-hybridized carbons (Fsp3) is 0.533. The van der Waals surface area contributed by atoms with Crippen molar-refractivity contribution >= 4 is 23.2 Å². The van der Waals surface area contributed by atoms with Crippen LogP contribution in [0.2, 0.25) is 5.02 Å². The van der Waals surface area contributed by atoms with E-state index in [0.717, 1.165) is 32.1 Å². The third kappa shape index (κ3) is 3.75. The van der Waals surface area contributed by atoms with Crippen LogP contribution in [-0.4, -0.2) is 28.6 Å². The summed E-state index contributed by atoms with van der Waals surface area (Å²) in [7, 11) is 0. The lowest BCUT2D eigenvalue weighted by atomic mass is 9.95. The van der Waals surface area contributed by atoms with E-state index < -0.39 is 10.8 Å². The lowest BCUT2D eigenvalue weighted by Crippen LogP contribution is -2.41. The minimum absolute atomic E-state index is 0.00257. The molecule has 0 radical (unpaired) electrons. The van der Waals surface area contributed by atoms with E-state index in [1.54, 1.807) is 0 Å². The van der Waals surface area contributed by atoms with Crippen LogP contribution in [0.15, 0.2) is 18.2 Å². The first-order valence-electron chi connectivity index (χ1n) is 7.39. The van der Waals surface area contributed by atoms with Gasteiger partial charge in [0.2, 0.25) is 0 Å². The van der Waals surface area contributed by atoms with Gasteiger partial charge in [0.15, 0.2) is 0 Å². The van der Waals surface area contributed by atoms with Crippen molar-refractivity contribution in [1.29, 1.82) is 0 Å². The number of carbonyl (C=O) groups excluding carboxylic acids is 1. The zero-order valence-electron chi connectivity index (χ0n) is 12.1. The molecule has 0 bridgehead atoms. The molecule has 2 rings (SSSR count). The summed E-state index contributed by atoms with van der Waals surface area (Å²) < 4.78 is 0. The second-order valence-electron chi connectivity index (χ2n) is 5.55. The summed E-state index contributed by atoms with van der Waals surface area (Å²) >= 11 is 5.83. The molecular formula is C15H19ClN2O4. The van der Waals surface area contributed by atoms with Crippen LogP contribution in [0.4, 0.5) is 5.69 Å². The molecule has 1 aliphatic rings. The lowest BCUT2D eigenvalue weighted by molar-refractivity contribution is -0.385. The number of benzene rings is 1. The molecule has 2 N–H and O–H groups in total. The normalized spacial score (nSPS) is 21.9. The number of halogens is 1. The molecule has 0 aliphatic heterocycles. The molecule has 1 aromatic carbocycles. The summed E-state index contributed by atoms with van der Waals surface area (Å²) in [5.41, 5.74) is -0.422. The van der Waals surface area contributed by atoms with Crippen LogP contribution in [0.5, 0.6) is 0 Å². The maximum atomic E-state index is 12.4. The first-order chi connectivity index (χ1) is 10.5. The number of nitro groups is 1. The number of para-hydroxylation sites is 1. The first kappa shape index (κ1) is 16.7. The number of rotatable bonds is 4. The standard InChI is InChI=1S/C15H19ClN2O4/c16-12-7-4-6-11(14(12)18(21)22)15(20)17-13-8-3-1-2-5-10(13)9-19/h4,6-7,10,13,19H,1-3,5,8-9H2,(H,17,20). The van der Waals surface area contributed by atoms with Crippen molar-refractivity contribution in [3.63, 3.8) is 0 Å². The van der Waals surface area contributed by atoms with Crippen molar-refractivity contribution in [3.05, 3.63) is 38.9 Å². The molecule has 22 heavy (non-hydrogen) atoms. The monoisotopic (exact) mass is 326 g/mol. The maximum absolute atomic E-state index is 12.4. The Kier molecular flexibility index (Phi) is 5.74. The largest absolute Gasteiger partial charge is 0.396 e. The Bertz CT molecular complexity index is 564. The lowest BCUT2D eigenvalue weighted by Gasteiger charge is -2.24. The van der Waals surface area contributed by atoms with E-state index in [-0.39, 0.29) is 34.8 Å². The predicted octanol–water partition coefficient (Wildman–Crippen LogP) is 2.92. The third-order valence-corrected chi connectivity index (χ3v) is 4.43.